The molecule has 33 heavy (non-hydrogen) atoms. The molecular formula is C33H50. The molecule has 0 radical (unpaired) electrons. The van der Waals surface area contributed by atoms with Gasteiger partial charge in [0.1, 0.15) is 0 Å². The Labute approximate surface area is 205 Å². The highest BCUT2D eigenvalue weighted by atomic mass is 14.3. The highest BCUT2D eigenvalue weighted by Gasteiger charge is 2.22. The highest BCUT2D eigenvalue weighted by molar-refractivity contribution is 5.78. The maximum absolute atomic E-state index is 2.49. The monoisotopic (exact) mass is 446 g/mol. The molecule has 0 saturated carbocycles. The molecule has 1 aliphatic rings. The second-order valence-corrected chi connectivity index (χ2v) is 10.5. The largest absolute Gasteiger partial charge is 0.0654 e. The zero-order chi connectivity index (χ0) is 23.1. The van der Waals surface area contributed by atoms with Gasteiger partial charge in [-0.1, -0.05) is 140 Å². The summed E-state index contributed by atoms with van der Waals surface area (Å²) in [5, 5.41) is 0. The molecule has 0 aliphatic heterocycles. The lowest BCUT2D eigenvalue weighted by molar-refractivity contribution is 0.570. The molecule has 2 aromatic carbocycles. The fourth-order valence-electron chi connectivity index (χ4n) is 5.75. The quantitative estimate of drug-likeness (QED) is 0.170. The molecule has 0 unspecified atom stereocenters. The maximum Gasteiger partial charge on any atom is -0.00106 e. The van der Waals surface area contributed by atoms with E-state index in [1.165, 1.54) is 132 Å². The standard InChI is InChI=1S/C33H50/c1-3-5-7-9-11-13-15-17-21-28-25-26-32-31-24-20-19-22-29(31)27-33(32)30(28)23-18-16-14-12-10-8-6-4-2/h19-20,22,24-26H,3-18,21,23,27H2,1-2H3. The van der Waals surface area contributed by atoms with Crippen LogP contribution in [0.2, 0.25) is 0 Å². The van der Waals surface area contributed by atoms with Crippen molar-refractivity contribution < 1.29 is 0 Å². The van der Waals surface area contributed by atoms with Gasteiger partial charge in [-0.25, -0.2) is 0 Å². The van der Waals surface area contributed by atoms with Crippen LogP contribution in [0.3, 0.4) is 0 Å². The zero-order valence-electron chi connectivity index (χ0n) is 21.9. The lowest BCUT2D eigenvalue weighted by Gasteiger charge is -2.15. The third-order valence-electron chi connectivity index (χ3n) is 7.78. The van der Waals surface area contributed by atoms with Crippen LogP contribution in [-0.2, 0) is 19.3 Å². The number of rotatable bonds is 18. The average molecular weight is 447 g/mol. The van der Waals surface area contributed by atoms with Crippen LogP contribution in [0.1, 0.15) is 139 Å². The molecule has 182 valence electrons. The van der Waals surface area contributed by atoms with Crippen molar-refractivity contribution in [3.8, 4) is 11.1 Å². The van der Waals surface area contributed by atoms with Crippen molar-refractivity contribution in [2.75, 3.05) is 0 Å². The van der Waals surface area contributed by atoms with Crippen molar-refractivity contribution in [1.29, 1.82) is 0 Å². The summed E-state index contributed by atoms with van der Waals surface area (Å²) in [6.07, 6.45) is 26.3. The van der Waals surface area contributed by atoms with E-state index >= 15 is 0 Å². The Morgan fingerprint density at radius 1 is 0.515 bits per heavy atom. The van der Waals surface area contributed by atoms with Crippen LogP contribution in [0.15, 0.2) is 36.4 Å². The van der Waals surface area contributed by atoms with E-state index in [1.807, 2.05) is 0 Å². The molecule has 0 aromatic heterocycles. The van der Waals surface area contributed by atoms with E-state index in [9.17, 15) is 0 Å². The van der Waals surface area contributed by atoms with Crippen LogP contribution in [0.4, 0.5) is 0 Å². The minimum Gasteiger partial charge on any atom is -0.0654 e. The van der Waals surface area contributed by atoms with Crippen molar-refractivity contribution in [1.82, 2.24) is 0 Å². The molecule has 3 rings (SSSR count). The summed E-state index contributed by atoms with van der Waals surface area (Å²) < 4.78 is 0. The van der Waals surface area contributed by atoms with Gasteiger partial charge >= 0.3 is 0 Å². The topological polar surface area (TPSA) is 0 Å². The Kier molecular flexibility index (Phi) is 12.1. The molecule has 2 aromatic rings. The Bertz CT molecular complexity index is 800. The zero-order valence-corrected chi connectivity index (χ0v) is 21.9. The fourth-order valence-corrected chi connectivity index (χ4v) is 5.75. The SMILES string of the molecule is CCCCCCCCCCc1ccc2c(c1CCCCCCCCCC)Cc1ccccc1-2. The lowest BCUT2D eigenvalue weighted by atomic mass is 9.89. The number of aryl methyl sites for hydroxylation is 1. The summed E-state index contributed by atoms with van der Waals surface area (Å²) >= 11 is 0. The first-order chi connectivity index (χ1) is 16.3. The van der Waals surface area contributed by atoms with Crippen LogP contribution in [0.5, 0.6) is 0 Å². The summed E-state index contributed by atoms with van der Waals surface area (Å²) in [5.74, 6) is 0. The molecule has 0 heteroatoms. The van der Waals surface area contributed by atoms with Crippen LogP contribution in [-0.4, -0.2) is 0 Å². The number of unbranched alkanes of at least 4 members (excludes halogenated alkanes) is 14. The summed E-state index contributed by atoms with van der Waals surface area (Å²) in [5.41, 5.74) is 9.60. The first kappa shape index (κ1) is 26.1. The minimum absolute atomic E-state index is 1.16. The number of fused-ring (bicyclic) bond motifs is 3. The minimum atomic E-state index is 1.16. The molecule has 0 spiro atoms. The average Bonchev–Trinajstić information content (AvgIpc) is 3.22. The van der Waals surface area contributed by atoms with Gasteiger partial charge in [0.2, 0.25) is 0 Å². The fraction of sp³-hybridized carbons (Fsp3) is 0.636. The number of hydrogen-bond acceptors (Lipinski definition) is 0. The van der Waals surface area contributed by atoms with E-state index in [4.69, 9.17) is 0 Å². The number of benzene rings is 2. The van der Waals surface area contributed by atoms with Crippen molar-refractivity contribution in [2.45, 2.75) is 136 Å². The Balaban J connectivity index is 1.53. The van der Waals surface area contributed by atoms with E-state index in [1.54, 1.807) is 16.7 Å². The smallest absolute Gasteiger partial charge is 0.00106 e. The maximum atomic E-state index is 2.49. The van der Waals surface area contributed by atoms with E-state index in [2.05, 4.69) is 50.2 Å². The van der Waals surface area contributed by atoms with Crippen LogP contribution >= 0.6 is 0 Å². The molecule has 0 heterocycles. The molecular weight excluding hydrogens is 396 g/mol. The highest BCUT2D eigenvalue weighted by Crippen LogP contribution is 2.40. The molecule has 0 saturated heterocycles. The van der Waals surface area contributed by atoms with E-state index in [-0.39, 0.29) is 0 Å². The Hall–Kier alpha value is -1.56. The summed E-state index contributed by atoms with van der Waals surface area (Å²) in [6, 6.07) is 14.0. The third kappa shape index (κ3) is 8.31. The van der Waals surface area contributed by atoms with Gasteiger partial charge in [0, 0.05) is 0 Å². The first-order valence-electron chi connectivity index (χ1n) is 14.6. The van der Waals surface area contributed by atoms with Gasteiger partial charge in [0.15, 0.2) is 0 Å². The van der Waals surface area contributed by atoms with E-state index in [0.29, 0.717) is 0 Å². The van der Waals surface area contributed by atoms with Gasteiger partial charge in [-0.2, -0.15) is 0 Å². The summed E-state index contributed by atoms with van der Waals surface area (Å²) in [6.45, 7) is 4.61. The number of hydrogen-bond donors (Lipinski definition) is 0. The normalized spacial score (nSPS) is 12.2. The second kappa shape index (κ2) is 15.4. The van der Waals surface area contributed by atoms with Crippen LogP contribution < -0.4 is 0 Å². The molecule has 0 bridgehead atoms. The van der Waals surface area contributed by atoms with Crippen LogP contribution in [0.25, 0.3) is 11.1 Å². The van der Waals surface area contributed by atoms with Gasteiger partial charge < -0.3 is 0 Å². The lowest BCUT2D eigenvalue weighted by Crippen LogP contribution is -2.01. The van der Waals surface area contributed by atoms with E-state index in [0.717, 1.165) is 6.42 Å². The van der Waals surface area contributed by atoms with Gasteiger partial charge in [-0.15, -0.1) is 0 Å². The van der Waals surface area contributed by atoms with Gasteiger partial charge in [0.25, 0.3) is 0 Å². The van der Waals surface area contributed by atoms with E-state index < -0.39 is 0 Å². The van der Waals surface area contributed by atoms with Gasteiger partial charge in [-0.3, -0.25) is 0 Å². The van der Waals surface area contributed by atoms with Gasteiger partial charge in [-0.05, 0) is 65.5 Å². The predicted octanol–water partition coefficient (Wildman–Crippen LogP) is 10.6. The molecule has 0 atom stereocenters. The van der Waals surface area contributed by atoms with Gasteiger partial charge in [0.05, 0.1) is 0 Å². The van der Waals surface area contributed by atoms with Crippen LogP contribution in [0, 0.1) is 0 Å². The predicted molar refractivity (Wildman–Crippen MR) is 147 cm³/mol. The van der Waals surface area contributed by atoms with Crippen molar-refractivity contribution in [3.63, 3.8) is 0 Å². The Morgan fingerprint density at radius 3 is 1.70 bits per heavy atom. The Morgan fingerprint density at radius 2 is 1.06 bits per heavy atom. The molecule has 0 amide bonds. The molecule has 1 aliphatic carbocycles. The first-order valence-corrected chi connectivity index (χ1v) is 14.6. The van der Waals surface area contributed by atoms with Crippen molar-refractivity contribution >= 4 is 0 Å². The molecule has 0 nitrogen and oxygen atoms in total. The van der Waals surface area contributed by atoms with Crippen molar-refractivity contribution in [3.05, 3.63) is 58.7 Å². The summed E-state index contributed by atoms with van der Waals surface area (Å²) in [4.78, 5) is 0. The van der Waals surface area contributed by atoms with Crippen molar-refractivity contribution in [2.24, 2.45) is 0 Å². The second-order valence-electron chi connectivity index (χ2n) is 10.5. The summed E-state index contributed by atoms with van der Waals surface area (Å²) in [7, 11) is 0. The third-order valence-corrected chi connectivity index (χ3v) is 7.78. The molecule has 0 N–H and O–H groups in total. The molecule has 0 fully saturated rings.